The van der Waals surface area contributed by atoms with E-state index < -0.39 is 36.9 Å². The second-order valence-electron chi connectivity index (χ2n) is 16.1. The monoisotopic (exact) mass is 726 g/mol. The van der Waals surface area contributed by atoms with Crippen molar-refractivity contribution in [1.82, 2.24) is 5.32 Å². The molecule has 0 aliphatic carbocycles. The molecule has 0 saturated heterocycles. The van der Waals surface area contributed by atoms with E-state index in [2.05, 4.69) is 19.2 Å². The third kappa shape index (κ3) is 34.8. The number of aliphatic hydroxyl groups excluding tert-OH is 4. The smallest absolute Gasteiger partial charge is 0.249 e. The van der Waals surface area contributed by atoms with Crippen LogP contribution in [-0.2, 0) is 4.79 Å². The number of hydrogen-bond acceptors (Lipinski definition) is 5. The number of nitrogens with one attached hydrogen (secondary N) is 1. The summed E-state index contributed by atoms with van der Waals surface area (Å²) >= 11 is 0. The van der Waals surface area contributed by atoms with Crippen molar-refractivity contribution in [1.29, 1.82) is 0 Å². The SMILES string of the molecule is CCCCCCCCCCCCCCCCCCCCCCC(O)C(O)C(CO)NC(=O)C(O)CCCCCCCCCCCCCCCCC. The molecule has 4 unspecified atom stereocenters. The fourth-order valence-electron chi connectivity index (χ4n) is 7.41. The third-order valence-corrected chi connectivity index (χ3v) is 11.1. The Bertz CT molecular complexity index is 692. The molecule has 51 heavy (non-hydrogen) atoms. The van der Waals surface area contributed by atoms with Gasteiger partial charge in [0, 0.05) is 0 Å². The first-order chi connectivity index (χ1) is 25.0. The van der Waals surface area contributed by atoms with E-state index in [4.69, 9.17) is 0 Å². The molecular formula is C45H91NO5. The second kappa shape index (κ2) is 40.5. The number of hydrogen-bond donors (Lipinski definition) is 5. The summed E-state index contributed by atoms with van der Waals surface area (Å²) < 4.78 is 0. The van der Waals surface area contributed by atoms with Crippen LogP contribution in [0.25, 0.3) is 0 Å². The topological polar surface area (TPSA) is 110 Å². The Labute approximate surface area is 318 Å². The summed E-state index contributed by atoms with van der Waals surface area (Å²) in [6.45, 7) is 4.07. The molecule has 6 nitrogen and oxygen atoms in total. The van der Waals surface area contributed by atoms with Gasteiger partial charge in [0.05, 0.1) is 18.8 Å². The number of amides is 1. The molecule has 0 aromatic carbocycles. The van der Waals surface area contributed by atoms with Crippen LogP contribution < -0.4 is 5.32 Å². The highest BCUT2D eigenvalue weighted by molar-refractivity contribution is 5.80. The molecule has 0 fully saturated rings. The van der Waals surface area contributed by atoms with Gasteiger partial charge in [-0.05, 0) is 12.8 Å². The van der Waals surface area contributed by atoms with E-state index in [9.17, 15) is 25.2 Å². The van der Waals surface area contributed by atoms with Gasteiger partial charge < -0.3 is 25.7 Å². The molecule has 1 amide bonds. The van der Waals surface area contributed by atoms with Crippen molar-refractivity contribution < 1.29 is 25.2 Å². The van der Waals surface area contributed by atoms with Crippen LogP contribution in [0.1, 0.15) is 251 Å². The van der Waals surface area contributed by atoms with Crippen molar-refractivity contribution in [3.8, 4) is 0 Å². The Hall–Kier alpha value is -0.690. The average Bonchev–Trinajstić information content (AvgIpc) is 3.13. The number of carbonyl (C=O) groups is 1. The van der Waals surface area contributed by atoms with Crippen molar-refractivity contribution in [3.05, 3.63) is 0 Å². The van der Waals surface area contributed by atoms with Gasteiger partial charge in [0.15, 0.2) is 0 Å². The molecule has 4 atom stereocenters. The van der Waals surface area contributed by atoms with Crippen LogP contribution in [-0.4, -0.2) is 57.3 Å². The van der Waals surface area contributed by atoms with E-state index in [1.807, 2.05) is 0 Å². The van der Waals surface area contributed by atoms with E-state index in [-0.39, 0.29) is 0 Å². The summed E-state index contributed by atoms with van der Waals surface area (Å²) in [6.07, 6.45) is 42.7. The molecule has 0 aliphatic heterocycles. The molecule has 0 aliphatic rings. The minimum Gasteiger partial charge on any atom is -0.394 e. The molecule has 0 heterocycles. The molecule has 0 spiro atoms. The van der Waals surface area contributed by atoms with Gasteiger partial charge in [0.2, 0.25) is 5.91 Å². The molecule has 0 aromatic heterocycles. The van der Waals surface area contributed by atoms with Crippen LogP contribution in [0.3, 0.4) is 0 Å². The van der Waals surface area contributed by atoms with Crippen LogP contribution in [0.2, 0.25) is 0 Å². The minimum atomic E-state index is -1.25. The van der Waals surface area contributed by atoms with E-state index in [1.165, 1.54) is 186 Å². The molecular weight excluding hydrogens is 634 g/mol. The zero-order chi connectivity index (χ0) is 37.5. The van der Waals surface area contributed by atoms with Crippen molar-refractivity contribution >= 4 is 5.91 Å². The highest BCUT2D eigenvalue weighted by atomic mass is 16.3. The molecule has 0 aromatic rings. The number of aliphatic hydroxyl groups is 4. The number of rotatable bonds is 42. The summed E-state index contributed by atoms with van der Waals surface area (Å²) in [4.78, 5) is 12.5. The van der Waals surface area contributed by atoms with E-state index in [0.717, 1.165) is 38.5 Å². The summed E-state index contributed by atoms with van der Waals surface area (Å²) in [6, 6.07) is -0.978. The van der Waals surface area contributed by atoms with Gasteiger partial charge in [-0.3, -0.25) is 4.79 Å². The lowest BCUT2D eigenvalue weighted by atomic mass is 9.99. The summed E-state index contributed by atoms with van der Waals surface area (Å²) in [5.41, 5.74) is 0. The quantitative estimate of drug-likeness (QED) is 0.0402. The first kappa shape index (κ1) is 50.3. The van der Waals surface area contributed by atoms with Gasteiger partial charge >= 0.3 is 0 Å². The number of carbonyl (C=O) groups excluding carboxylic acids is 1. The molecule has 306 valence electrons. The Morgan fingerprint density at radius 2 is 0.667 bits per heavy atom. The van der Waals surface area contributed by atoms with Gasteiger partial charge in [0.1, 0.15) is 12.2 Å². The van der Waals surface area contributed by atoms with E-state index in [1.54, 1.807) is 0 Å². The molecule has 6 heteroatoms. The van der Waals surface area contributed by atoms with Crippen LogP contribution in [0.5, 0.6) is 0 Å². The Kier molecular flexibility index (Phi) is 39.9. The maximum atomic E-state index is 12.5. The maximum absolute atomic E-state index is 12.5. The lowest BCUT2D eigenvalue weighted by Crippen LogP contribution is -2.53. The van der Waals surface area contributed by atoms with Crippen LogP contribution >= 0.6 is 0 Å². The molecule has 5 N–H and O–H groups in total. The standard InChI is InChI=1S/C45H91NO5/c1-3-5-7-9-11-13-15-17-19-20-21-22-23-25-26-28-30-32-34-36-38-42(48)44(50)41(40-47)46-45(51)43(49)39-37-35-33-31-29-27-24-18-16-14-12-10-8-6-4-2/h41-44,47-50H,3-40H2,1-2H3,(H,46,51). The lowest BCUT2D eigenvalue weighted by Gasteiger charge is -2.27. The summed E-state index contributed by atoms with van der Waals surface area (Å²) in [7, 11) is 0. The Morgan fingerprint density at radius 3 is 0.941 bits per heavy atom. The highest BCUT2D eigenvalue weighted by Crippen LogP contribution is 2.17. The maximum Gasteiger partial charge on any atom is 0.249 e. The van der Waals surface area contributed by atoms with Crippen molar-refractivity contribution in [2.75, 3.05) is 6.61 Å². The van der Waals surface area contributed by atoms with E-state index in [0.29, 0.717) is 12.8 Å². The van der Waals surface area contributed by atoms with Gasteiger partial charge in [0.25, 0.3) is 0 Å². The fourth-order valence-corrected chi connectivity index (χ4v) is 7.41. The highest BCUT2D eigenvalue weighted by Gasteiger charge is 2.28. The Morgan fingerprint density at radius 1 is 0.412 bits per heavy atom. The first-order valence-corrected chi connectivity index (χ1v) is 22.9. The molecule has 0 bridgehead atoms. The summed E-state index contributed by atoms with van der Waals surface area (Å²) in [5, 5.41) is 43.7. The zero-order valence-corrected chi connectivity index (χ0v) is 34.4. The predicted molar refractivity (Wildman–Crippen MR) is 219 cm³/mol. The van der Waals surface area contributed by atoms with Crippen LogP contribution in [0, 0.1) is 0 Å². The predicted octanol–water partition coefficient (Wildman–Crippen LogP) is 12.0. The zero-order valence-electron chi connectivity index (χ0n) is 34.4. The Balaban J connectivity index is 3.67. The van der Waals surface area contributed by atoms with Crippen LogP contribution in [0.15, 0.2) is 0 Å². The molecule has 0 saturated carbocycles. The summed E-state index contributed by atoms with van der Waals surface area (Å²) in [5.74, 6) is -0.579. The fraction of sp³-hybridized carbons (Fsp3) is 0.978. The van der Waals surface area contributed by atoms with Crippen LogP contribution in [0.4, 0.5) is 0 Å². The lowest BCUT2D eigenvalue weighted by molar-refractivity contribution is -0.132. The average molecular weight is 726 g/mol. The second-order valence-corrected chi connectivity index (χ2v) is 16.1. The third-order valence-electron chi connectivity index (χ3n) is 11.1. The van der Waals surface area contributed by atoms with E-state index >= 15 is 0 Å². The van der Waals surface area contributed by atoms with Crippen molar-refractivity contribution in [3.63, 3.8) is 0 Å². The van der Waals surface area contributed by atoms with Gasteiger partial charge in [-0.2, -0.15) is 0 Å². The van der Waals surface area contributed by atoms with Gasteiger partial charge in [-0.1, -0.05) is 239 Å². The van der Waals surface area contributed by atoms with Crippen molar-refractivity contribution in [2.45, 2.75) is 276 Å². The minimum absolute atomic E-state index is 0.375. The molecule has 0 rings (SSSR count). The van der Waals surface area contributed by atoms with Crippen molar-refractivity contribution in [2.24, 2.45) is 0 Å². The largest absolute Gasteiger partial charge is 0.394 e. The molecule has 0 radical (unpaired) electrons. The number of unbranched alkanes of at least 4 members (excludes halogenated alkanes) is 33. The van der Waals surface area contributed by atoms with Gasteiger partial charge in [-0.15, -0.1) is 0 Å². The normalized spacial score (nSPS) is 14.1. The first-order valence-electron chi connectivity index (χ1n) is 22.9. The van der Waals surface area contributed by atoms with Gasteiger partial charge in [-0.25, -0.2) is 0 Å².